The van der Waals surface area contributed by atoms with Crippen molar-refractivity contribution in [3.05, 3.63) is 112 Å². The fourth-order valence-electron chi connectivity index (χ4n) is 5.29. The number of anilines is 1. The second-order valence-corrected chi connectivity index (χ2v) is 9.82. The first-order valence-corrected chi connectivity index (χ1v) is 12.2. The van der Waals surface area contributed by atoms with E-state index < -0.39 is 0 Å². The third-order valence-electron chi connectivity index (χ3n) is 6.77. The van der Waals surface area contributed by atoms with Gasteiger partial charge >= 0.3 is 0 Å². The zero-order valence-corrected chi connectivity index (χ0v) is 21.4. The van der Waals surface area contributed by atoms with Crippen molar-refractivity contribution in [1.82, 2.24) is 14.9 Å². The van der Waals surface area contributed by atoms with E-state index in [4.69, 9.17) is 12.2 Å². The van der Waals surface area contributed by atoms with Crippen LogP contribution in [0, 0.1) is 40.4 Å². The fraction of sp³-hybridized carbons (Fsp3) is 0.241. The second-order valence-electron chi connectivity index (χ2n) is 9.44. The van der Waals surface area contributed by atoms with E-state index in [0.29, 0.717) is 10.7 Å². The smallest absolute Gasteiger partial charge is 0.174 e. The average Bonchev–Trinajstić information content (AvgIpc) is 3.31. The van der Waals surface area contributed by atoms with Crippen LogP contribution in [-0.2, 0) is 0 Å². The molecule has 0 saturated carbocycles. The molecular formula is C29H29FN4S. The highest BCUT2D eigenvalue weighted by Gasteiger charge is 2.42. The van der Waals surface area contributed by atoms with E-state index in [1.165, 1.54) is 17.2 Å². The maximum Gasteiger partial charge on any atom is 0.174 e. The van der Waals surface area contributed by atoms with Crippen LogP contribution in [-0.4, -0.2) is 14.7 Å². The molecule has 2 aromatic heterocycles. The predicted molar refractivity (Wildman–Crippen MR) is 144 cm³/mol. The minimum absolute atomic E-state index is 0.145. The van der Waals surface area contributed by atoms with E-state index in [9.17, 15) is 4.39 Å². The molecule has 0 amide bonds. The summed E-state index contributed by atoms with van der Waals surface area (Å²) in [6.45, 7) is 10.3. The molecule has 5 rings (SSSR count). The molecule has 4 nitrogen and oxygen atoms in total. The Morgan fingerprint density at radius 3 is 2.29 bits per heavy atom. The number of hydrogen-bond acceptors (Lipinski definition) is 2. The molecular weight excluding hydrogens is 455 g/mol. The molecule has 1 saturated heterocycles. The number of nitrogens with one attached hydrogen (secondary N) is 1. The summed E-state index contributed by atoms with van der Waals surface area (Å²) in [5.74, 6) is -0.224. The molecule has 0 spiro atoms. The summed E-state index contributed by atoms with van der Waals surface area (Å²) in [5.41, 5.74) is 9.43. The standard InChI is InChI=1S/C29H29FN4S/c1-17-12-18(2)14-23(13-17)33-20(4)16-24(21(33)5)28-27(26-8-6-7-11-31-26)32-29(35)34(28)22-9-10-25(30)19(3)15-22/h6-16,27-28H,1-5H3,(H,32,35)/t27-,28-/m0/s1. The van der Waals surface area contributed by atoms with Crippen LogP contribution in [0.25, 0.3) is 5.69 Å². The summed E-state index contributed by atoms with van der Waals surface area (Å²) in [6.07, 6.45) is 1.81. The lowest BCUT2D eigenvalue weighted by atomic mass is 9.96. The van der Waals surface area contributed by atoms with Gasteiger partial charge in [0, 0.05) is 29.0 Å². The summed E-state index contributed by atoms with van der Waals surface area (Å²) in [4.78, 5) is 6.76. The lowest BCUT2D eigenvalue weighted by Gasteiger charge is -2.28. The zero-order valence-electron chi connectivity index (χ0n) is 20.6. The summed E-state index contributed by atoms with van der Waals surface area (Å²) < 4.78 is 16.4. The molecule has 0 bridgehead atoms. The number of benzene rings is 2. The van der Waals surface area contributed by atoms with Gasteiger partial charge < -0.3 is 14.8 Å². The second kappa shape index (κ2) is 8.93. The molecule has 0 unspecified atom stereocenters. The Bertz CT molecular complexity index is 1410. The molecule has 4 aromatic rings. The minimum Gasteiger partial charge on any atom is -0.351 e. The third-order valence-corrected chi connectivity index (χ3v) is 7.09. The molecule has 1 fully saturated rings. The quantitative estimate of drug-likeness (QED) is 0.326. The Morgan fingerprint density at radius 1 is 0.886 bits per heavy atom. The van der Waals surface area contributed by atoms with Crippen LogP contribution in [0.1, 0.15) is 51.4 Å². The Kier molecular flexibility index (Phi) is 5.93. The van der Waals surface area contributed by atoms with Gasteiger partial charge in [0.05, 0.1) is 17.8 Å². The lowest BCUT2D eigenvalue weighted by Crippen LogP contribution is -2.29. The van der Waals surface area contributed by atoms with Crippen LogP contribution in [0.5, 0.6) is 0 Å². The van der Waals surface area contributed by atoms with Crippen LogP contribution < -0.4 is 10.2 Å². The van der Waals surface area contributed by atoms with Gasteiger partial charge in [0.1, 0.15) is 5.82 Å². The summed E-state index contributed by atoms with van der Waals surface area (Å²) in [5, 5.41) is 4.11. The molecule has 3 heterocycles. The molecule has 1 N–H and O–H groups in total. The lowest BCUT2D eigenvalue weighted by molar-refractivity contribution is 0.564. The first-order chi connectivity index (χ1) is 16.7. The van der Waals surface area contributed by atoms with Gasteiger partial charge in [-0.1, -0.05) is 12.1 Å². The molecule has 178 valence electrons. The molecule has 1 aliphatic heterocycles. The SMILES string of the molecule is Cc1cc(C)cc(-n2c(C)cc([C@H]3[C@H](c4ccccn4)NC(=S)N3c3ccc(F)c(C)c3)c2C)c1. The largest absolute Gasteiger partial charge is 0.351 e. The Hall–Kier alpha value is -3.51. The number of rotatable bonds is 4. The van der Waals surface area contributed by atoms with Crippen molar-refractivity contribution in [3.8, 4) is 5.69 Å². The number of hydrogen-bond donors (Lipinski definition) is 1. The van der Waals surface area contributed by atoms with Gasteiger partial charge in [-0.25, -0.2) is 4.39 Å². The maximum absolute atomic E-state index is 14.1. The number of aryl methyl sites for hydroxylation is 4. The maximum atomic E-state index is 14.1. The molecule has 35 heavy (non-hydrogen) atoms. The topological polar surface area (TPSA) is 33.1 Å². The monoisotopic (exact) mass is 484 g/mol. The van der Waals surface area contributed by atoms with Crippen molar-refractivity contribution in [3.63, 3.8) is 0 Å². The van der Waals surface area contributed by atoms with Gasteiger partial charge in [-0.3, -0.25) is 4.98 Å². The molecule has 2 aromatic carbocycles. The van der Waals surface area contributed by atoms with Crippen LogP contribution in [0.2, 0.25) is 0 Å². The van der Waals surface area contributed by atoms with Gasteiger partial charge in [-0.15, -0.1) is 0 Å². The minimum atomic E-state index is -0.224. The highest BCUT2D eigenvalue weighted by Crippen LogP contribution is 2.44. The predicted octanol–water partition coefficient (Wildman–Crippen LogP) is 6.73. The Morgan fingerprint density at radius 2 is 1.63 bits per heavy atom. The summed E-state index contributed by atoms with van der Waals surface area (Å²) in [7, 11) is 0. The van der Waals surface area contributed by atoms with E-state index in [1.807, 2.05) is 24.3 Å². The summed E-state index contributed by atoms with van der Waals surface area (Å²) in [6, 6.07) is 19.7. The Balaban J connectivity index is 1.70. The van der Waals surface area contributed by atoms with Gasteiger partial charge in [0.25, 0.3) is 0 Å². The number of aromatic nitrogens is 2. The molecule has 1 aliphatic rings. The zero-order chi connectivity index (χ0) is 24.9. The molecule has 0 aliphatic carbocycles. The van der Waals surface area contributed by atoms with Crippen molar-refractivity contribution in [2.45, 2.75) is 46.7 Å². The van der Waals surface area contributed by atoms with Crippen molar-refractivity contribution in [1.29, 1.82) is 0 Å². The van der Waals surface area contributed by atoms with Crippen LogP contribution in [0.4, 0.5) is 10.1 Å². The normalized spacial score (nSPS) is 17.7. The number of thiocarbonyl (C=S) groups is 1. The van der Waals surface area contributed by atoms with Crippen LogP contribution in [0.15, 0.2) is 66.9 Å². The van der Waals surface area contributed by atoms with E-state index in [1.54, 1.807) is 19.2 Å². The number of pyridine rings is 1. The van der Waals surface area contributed by atoms with E-state index in [0.717, 1.165) is 34.0 Å². The van der Waals surface area contributed by atoms with E-state index in [2.05, 4.69) is 71.7 Å². The molecule has 6 heteroatoms. The first kappa shape index (κ1) is 23.2. The van der Waals surface area contributed by atoms with Gasteiger partial charge in [0.15, 0.2) is 5.11 Å². The number of nitrogens with zero attached hydrogens (tertiary/aromatic N) is 3. The number of halogens is 1. The van der Waals surface area contributed by atoms with Crippen molar-refractivity contribution >= 4 is 23.0 Å². The fourth-order valence-corrected chi connectivity index (χ4v) is 5.64. The summed E-state index contributed by atoms with van der Waals surface area (Å²) >= 11 is 5.85. The highest BCUT2D eigenvalue weighted by atomic mass is 32.1. The third kappa shape index (κ3) is 4.12. The van der Waals surface area contributed by atoms with E-state index in [-0.39, 0.29) is 17.9 Å². The Labute approximate surface area is 211 Å². The van der Waals surface area contributed by atoms with Crippen molar-refractivity contribution in [2.75, 3.05) is 4.90 Å². The van der Waals surface area contributed by atoms with Gasteiger partial charge in [0.2, 0.25) is 0 Å². The van der Waals surface area contributed by atoms with Crippen LogP contribution in [0.3, 0.4) is 0 Å². The van der Waals surface area contributed by atoms with Crippen LogP contribution >= 0.6 is 12.2 Å². The van der Waals surface area contributed by atoms with Crippen molar-refractivity contribution in [2.24, 2.45) is 0 Å². The molecule has 2 atom stereocenters. The molecule has 0 radical (unpaired) electrons. The van der Waals surface area contributed by atoms with Crippen molar-refractivity contribution < 1.29 is 4.39 Å². The average molecular weight is 485 g/mol. The highest BCUT2D eigenvalue weighted by molar-refractivity contribution is 7.80. The van der Waals surface area contributed by atoms with Gasteiger partial charge in [-0.2, -0.15) is 0 Å². The first-order valence-electron chi connectivity index (χ1n) is 11.8. The van der Waals surface area contributed by atoms with E-state index >= 15 is 0 Å². The van der Waals surface area contributed by atoms with Gasteiger partial charge in [-0.05, 0) is 118 Å².